The van der Waals surface area contributed by atoms with E-state index in [1.807, 2.05) is 31.2 Å². The molecule has 1 aromatic rings. The van der Waals surface area contributed by atoms with Crippen LogP contribution in [0.4, 0.5) is 5.69 Å². The summed E-state index contributed by atoms with van der Waals surface area (Å²) in [6.07, 6.45) is 2.17. The first-order valence-electron chi connectivity index (χ1n) is 5.47. The standard InChI is InChI=1S/C12H18N2O2/c1-2-16-12(15)5-3-4-10-6-8-11(14-13)9-7-10/h6-9,14H,2-5,13H2,1H3. The van der Waals surface area contributed by atoms with Crippen molar-refractivity contribution in [3.05, 3.63) is 29.8 Å². The average Bonchev–Trinajstić information content (AvgIpc) is 2.30. The summed E-state index contributed by atoms with van der Waals surface area (Å²) in [4.78, 5) is 11.1. The van der Waals surface area contributed by atoms with Gasteiger partial charge in [-0.25, -0.2) is 0 Å². The first-order valence-corrected chi connectivity index (χ1v) is 5.47. The minimum Gasteiger partial charge on any atom is -0.466 e. The fourth-order valence-electron chi connectivity index (χ4n) is 1.44. The highest BCUT2D eigenvalue weighted by Crippen LogP contribution is 2.10. The van der Waals surface area contributed by atoms with E-state index < -0.39 is 0 Å². The molecule has 0 heterocycles. The number of carbonyl (C=O) groups is 1. The van der Waals surface area contributed by atoms with Gasteiger partial charge in [0.1, 0.15) is 0 Å². The largest absolute Gasteiger partial charge is 0.466 e. The molecule has 0 aliphatic carbocycles. The van der Waals surface area contributed by atoms with Crippen molar-refractivity contribution >= 4 is 11.7 Å². The number of aryl methyl sites for hydroxylation is 1. The number of ether oxygens (including phenoxy) is 1. The van der Waals surface area contributed by atoms with Gasteiger partial charge in [-0.05, 0) is 37.5 Å². The molecular formula is C12H18N2O2. The highest BCUT2D eigenvalue weighted by molar-refractivity contribution is 5.69. The summed E-state index contributed by atoms with van der Waals surface area (Å²) in [6.45, 7) is 2.27. The van der Waals surface area contributed by atoms with Gasteiger partial charge < -0.3 is 10.2 Å². The Morgan fingerprint density at radius 1 is 1.38 bits per heavy atom. The van der Waals surface area contributed by atoms with Crippen molar-refractivity contribution in [1.82, 2.24) is 0 Å². The second-order valence-corrected chi connectivity index (χ2v) is 3.50. The van der Waals surface area contributed by atoms with Crippen LogP contribution in [0.2, 0.25) is 0 Å². The minimum atomic E-state index is -0.122. The normalized spacial score (nSPS) is 9.88. The summed E-state index contributed by atoms with van der Waals surface area (Å²) in [5.41, 5.74) is 4.65. The maximum Gasteiger partial charge on any atom is 0.305 e. The summed E-state index contributed by atoms with van der Waals surface area (Å²) in [5.74, 6) is 5.14. The predicted molar refractivity (Wildman–Crippen MR) is 63.8 cm³/mol. The summed E-state index contributed by atoms with van der Waals surface area (Å²) >= 11 is 0. The van der Waals surface area contributed by atoms with Crippen LogP contribution in [0.1, 0.15) is 25.3 Å². The van der Waals surface area contributed by atoms with Crippen LogP contribution in [-0.2, 0) is 16.0 Å². The molecule has 0 atom stereocenters. The molecule has 4 nitrogen and oxygen atoms in total. The van der Waals surface area contributed by atoms with Crippen molar-refractivity contribution in [3.8, 4) is 0 Å². The minimum absolute atomic E-state index is 0.122. The van der Waals surface area contributed by atoms with Crippen molar-refractivity contribution in [2.24, 2.45) is 5.84 Å². The lowest BCUT2D eigenvalue weighted by Crippen LogP contribution is -2.06. The zero-order valence-electron chi connectivity index (χ0n) is 9.53. The van der Waals surface area contributed by atoms with Gasteiger partial charge in [0.2, 0.25) is 0 Å². The van der Waals surface area contributed by atoms with Gasteiger partial charge >= 0.3 is 5.97 Å². The topological polar surface area (TPSA) is 64.3 Å². The maximum absolute atomic E-state index is 11.1. The second kappa shape index (κ2) is 6.85. The average molecular weight is 222 g/mol. The SMILES string of the molecule is CCOC(=O)CCCc1ccc(NN)cc1. The van der Waals surface area contributed by atoms with Gasteiger partial charge in [0.15, 0.2) is 0 Å². The van der Waals surface area contributed by atoms with Gasteiger partial charge in [-0.15, -0.1) is 0 Å². The number of benzene rings is 1. The van der Waals surface area contributed by atoms with Crippen LogP contribution in [0.25, 0.3) is 0 Å². The number of nitrogens with one attached hydrogen (secondary N) is 1. The van der Waals surface area contributed by atoms with Crippen LogP contribution >= 0.6 is 0 Å². The molecule has 0 bridgehead atoms. The molecule has 0 unspecified atom stereocenters. The van der Waals surface area contributed by atoms with Crippen LogP contribution in [0.3, 0.4) is 0 Å². The van der Waals surface area contributed by atoms with Crippen LogP contribution < -0.4 is 11.3 Å². The molecule has 88 valence electrons. The Labute approximate surface area is 95.8 Å². The third-order valence-electron chi connectivity index (χ3n) is 2.27. The Morgan fingerprint density at radius 2 is 2.06 bits per heavy atom. The molecule has 0 amide bonds. The summed E-state index contributed by atoms with van der Waals surface area (Å²) in [5, 5.41) is 0. The maximum atomic E-state index is 11.1. The quantitative estimate of drug-likeness (QED) is 0.438. The van der Waals surface area contributed by atoms with E-state index in [-0.39, 0.29) is 5.97 Å². The van der Waals surface area contributed by atoms with E-state index >= 15 is 0 Å². The monoisotopic (exact) mass is 222 g/mol. The van der Waals surface area contributed by atoms with Gasteiger partial charge in [-0.2, -0.15) is 0 Å². The van der Waals surface area contributed by atoms with E-state index in [0.29, 0.717) is 13.0 Å². The number of carbonyl (C=O) groups excluding carboxylic acids is 1. The molecule has 1 rings (SSSR count). The number of esters is 1. The summed E-state index contributed by atoms with van der Waals surface area (Å²) in [6, 6.07) is 7.83. The van der Waals surface area contributed by atoms with Crippen LogP contribution in [0.15, 0.2) is 24.3 Å². The molecule has 0 aliphatic heterocycles. The first-order chi connectivity index (χ1) is 7.76. The Hall–Kier alpha value is -1.55. The summed E-state index contributed by atoms with van der Waals surface area (Å²) < 4.78 is 4.85. The fourth-order valence-corrected chi connectivity index (χ4v) is 1.44. The van der Waals surface area contributed by atoms with E-state index in [1.165, 1.54) is 5.56 Å². The molecule has 0 fully saturated rings. The van der Waals surface area contributed by atoms with Crippen LogP contribution in [0, 0.1) is 0 Å². The lowest BCUT2D eigenvalue weighted by Gasteiger charge is -2.04. The van der Waals surface area contributed by atoms with E-state index in [0.717, 1.165) is 18.5 Å². The van der Waals surface area contributed by atoms with Gasteiger partial charge in [0.05, 0.1) is 6.61 Å². The Balaban J connectivity index is 2.29. The summed E-state index contributed by atoms with van der Waals surface area (Å²) in [7, 11) is 0. The van der Waals surface area contributed by atoms with Crippen LogP contribution in [0.5, 0.6) is 0 Å². The number of hydrogen-bond donors (Lipinski definition) is 2. The van der Waals surface area contributed by atoms with Crippen molar-refractivity contribution in [2.75, 3.05) is 12.0 Å². The van der Waals surface area contributed by atoms with Crippen molar-refractivity contribution in [3.63, 3.8) is 0 Å². The number of nitrogens with two attached hydrogens (primary N) is 1. The van der Waals surface area contributed by atoms with Gasteiger partial charge in [0, 0.05) is 12.1 Å². The highest BCUT2D eigenvalue weighted by Gasteiger charge is 2.01. The molecular weight excluding hydrogens is 204 g/mol. The highest BCUT2D eigenvalue weighted by atomic mass is 16.5. The lowest BCUT2D eigenvalue weighted by atomic mass is 10.1. The van der Waals surface area contributed by atoms with Crippen molar-refractivity contribution in [1.29, 1.82) is 0 Å². The molecule has 0 spiro atoms. The van der Waals surface area contributed by atoms with E-state index in [1.54, 1.807) is 0 Å². The zero-order chi connectivity index (χ0) is 11.8. The van der Waals surface area contributed by atoms with Gasteiger partial charge in [-0.3, -0.25) is 10.6 Å². The molecule has 4 heteroatoms. The smallest absolute Gasteiger partial charge is 0.305 e. The number of hydrazine groups is 1. The van der Waals surface area contributed by atoms with Gasteiger partial charge in [0.25, 0.3) is 0 Å². The number of hydrogen-bond acceptors (Lipinski definition) is 4. The third kappa shape index (κ3) is 4.31. The molecule has 0 aliphatic rings. The Morgan fingerprint density at radius 3 is 2.62 bits per heavy atom. The van der Waals surface area contributed by atoms with Crippen LogP contribution in [-0.4, -0.2) is 12.6 Å². The molecule has 0 radical (unpaired) electrons. The fraction of sp³-hybridized carbons (Fsp3) is 0.417. The number of nitrogen functional groups attached to an aromatic ring is 1. The molecule has 16 heavy (non-hydrogen) atoms. The number of rotatable bonds is 6. The molecule has 0 saturated carbocycles. The number of anilines is 1. The predicted octanol–water partition coefficient (Wildman–Crippen LogP) is 1.86. The van der Waals surface area contributed by atoms with E-state index in [9.17, 15) is 4.79 Å². The molecule has 0 saturated heterocycles. The second-order valence-electron chi connectivity index (χ2n) is 3.50. The Kier molecular flexibility index (Phi) is 5.36. The van der Waals surface area contributed by atoms with E-state index in [2.05, 4.69) is 5.43 Å². The van der Waals surface area contributed by atoms with E-state index in [4.69, 9.17) is 10.6 Å². The molecule has 0 aromatic heterocycles. The molecule has 1 aromatic carbocycles. The lowest BCUT2D eigenvalue weighted by molar-refractivity contribution is -0.143. The zero-order valence-corrected chi connectivity index (χ0v) is 9.53. The Bertz CT molecular complexity index is 322. The van der Waals surface area contributed by atoms with Crippen molar-refractivity contribution in [2.45, 2.75) is 26.2 Å². The molecule has 3 N–H and O–H groups in total. The first kappa shape index (κ1) is 12.5. The third-order valence-corrected chi connectivity index (χ3v) is 2.27. The van der Waals surface area contributed by atoms with Crippen molar-refractivity contribution < 1.29 is 9.53 Å². The van der Waals surface area contributed by atoms with Gasteiger partial charge in [-0.1, -0.05) is 12.1 Å².